The summed E-state index contributed by atoms with van der Waals surface area (Å²) in [7, 11) is 0. The number of halogens is 1. The summed E-state index contributed by atoms with van der Waals surface area (Å²) >= 11 is 6.01. The van der Waals surface area contributed by atoms with E-state index >= 15 is 0 Å². The van der Waals surface area contributed by atoms with Crippen LogP contribution in [0.25, 0.3) is 6.08 Å². The van der Waals surface area contributed by atoms with Crippen LogP contribution in [0.4, 0.5) is 16.2 Å². The van der Waals surface area contributed by atoms with E-state index in [0.717, 1.165) is 4.90 Å². The second kappa shape index (κ2) is 6.13. The highest BCUT2D eigenvalue weighted by molar-refractivity contribution is 6.33. The van der Waals surface area contributed by atoms with Gasteiger partial charge in [-0.1, -0.05) is 29.8 Å². The number of nitro groups is 1. The number of hydrogen-bond donors (Lipinski definition) is 1. The number of urea groups is 1. The monoisotopic (exact) mass is 343 g/mol. The number of amides is 3. The Morgan fingerprint density at radius 3 is 2.50 bits per heavy atom. The standard InChI is InChI=1S/C16H10ClN3O4/c17-13-7-6-12(20(23)24)8-10(13)9-14-15(21)19(16(22)18-14)11-4-2-1-3-5-11/h1-9H,(H,18,22)/b14-9+. The van der Waals surface area contributed by atoms with Crippen LogP contribution in [-0.2, 0) is 4.79 Å². The molecule has 0 aromatic heterocycles. The molecule has 0 unspecified atom stereocenters. The number of nitrogens with one attached hydrogen (secondary N) is 1. The van der Waals surface area contributed by atoms with Gasteiger partial charge >= 0.3 is 6.03 Å². The Bertz CT molecular complexity index is 880. The quantitative estimate of drug-likeness (QED) is 0.400. The predicted octanol–water partition coefficient (Wildman–Crippen LogP) is 3.35. The summed E-state index contributed by atoms with van der Waals surface area (Å²) in [6.07, 6.45) is 1.32. The number of rotatable bonds is 3. The Labute approximate surface area is 141 Å². The van der Waals surface area contributed by atoms with Gasteiger partial charge in [0.15, 0.2) is 0 Å². The second-order valence-corrected chi connectivity index (χ2v) is 5.33. The third-order valence-corrected chi connectivity index (χ3v) is 3.73. The molecule has 7 nitrogen and oxygen atoms in total. The van der Waals surface area contributed by atoms with E-state index in [1.165, 1.54) is 24.3 Å². The van der Waals surface area contributed by atoms with Crippen molar-refractivity contribution in [2.24, 2.45) is 0 Å². The van der Waals surface area contributed by atoms with E-state index in [2.05, 4.69) is 5.32 Å². The van der Waals surface area contributed by atoms with E-state index in [9.17, 15) is 19.7 Å². The summed E-state index contributed by atoms with van der Waals surface area (Å²) in [5.74, 6) is -0.561. The highest BCUT2D eigenvalue weighted by atomic mass is 35.5. The van der Waals surface area contributed by atoms with Crippen molar-refractivity contribution >= 4 is 41.0 Å². The third kappa shape index (κ3) is 2.84. The molecule has 1 fully saturated rings. The van der Waals surface area contributed by atoms with Gasteiger partial charge in [-0.15, -0.1) is 0 Å². The Balaban J connectivity index is 1.98. The molecule has 8 heteroatoms. The first kappa shape index (κ1) is 15.7. The number of carbonyl (C=O) groups is 2. The molecule has 24 heavy (non-hydrogen) atoms. The van der Waals surface area contributed by atoms with E-state index in [0.29, 0.717) is 5.69 Å². The fourth-order valence-electron chi connectivity index (χ4n) is 2.26. The molecule has 0 radical (unpaired) electrons. The number of non-ortho nitro benzene ring substituents is 1. The van der Waals surface area contributed by atoms with Crippen molar-refractivity contribution < 1.29 is 14.5 Å². The minimum Gasteiger partial charge on any atom is -0.302 e. The molecule has 0 spiro atoms. The van der Waals surface area contributed by atoms with Crippen LogP contribution in [0.1, 0.15) is 5.56 Å². The largest absolute Gasteiger partial charge is 0.333 e. The molecule has 1 aliphatic rings. The van der Waals surface area contributed by atoms with Gasteiger partial charge in [0.2, 0.25) is 0 Å². The van der Waals surface area contributed by atoms with Crippen LogP contribution in [0.5, 0.6) is 0 Å². The van der Waals surface area contributed by atoms with Gasteiger partial charge in [0, 0.05) is 22.7 Å². The topological polar surface area (TPSA) is 92.5 Å². The maximum absolute atomic E-state index is 12.4. The lowest BCUT2D eigenvalue weighted by molar-refractivity contribution is -0.384. The summed E-state index contributed by atoms with van der Waals surface area (Å²) in [5.41, 5.74) is 0.521. The number of hydrogen-bond acceptors (Lipinski definition) is 4. The number of benzene rings is 2. The first-order valence-electron chi connectivity index (χ1n) is 6.83. The van der Waals surface area contributed by atoms with Crippen LogP contribution in [-0.4, -0.2) is 16.9 Å². The Hall–Kier alpha value is -3.19. The molecule has 0 aliphatic carbocycles. The highest BCUT2D eigenvalue weighted by Crippen LogP contribution is 2.26. The molecule has 120 valence electrons. The zero-order chi connectivity index (χ0) is 17.3. The first-order valence-corrected chi connectivity index (χ1v) is 7.21. The lowest BCUT2D eigenvalue weighted by atomic mass is 10.1. The van der Waals surface area contributed by atoms with E-state index < -0.39 is 16.9 Å². The number of carbonyl (C=O) groups excluding carboxylic acids is 2. The summed E-state index contributed by atoms with van der Waals surface area (Å²) in [6.45, 7) is 0. The SMILES string of the molecule is O=C1N/C(=C/c2cc([N+](=O)[O-])ccc2Cl)C(=O)N1c1ccccc1. The highest BCUT2D eigenvalue weighted by Gasteiger charge is 2.34. The van der Waals surface area contributed by atoms with Crippen molar-refractivity contribution in [3.63, 3.8) is 0 Å². The number of imide groups is 1. The van der Waals surface area contributed by atoms with Crippen molar-refractivity contribution in [2.45, 2.75) is 0 Å². The first-order chi connectivity index (χ1) is 11.5. The molecule has 1 aliphatic heterocycles. The zero-order valence-corrected chi connectivity index (χ0v) is 12.9. The molecule has 1 heterocycles. The minimum atomic E-state index is -0.598. The molecule has 2 aromatic carbocycles. The van der Waals surface area contributed by atoms with Gasteiger partial charge in [-0.25, -0.2) is 9.69 Å². The Morgan fingerprint density at radius 2 is 1.83 bits per heavy atom. The fourth-order valence-corrected chi connectivity index (χ4v) is 2.43. The Morgan fingerprint density at radius 1 is 1.12 bits per heavy atom. The van der Waals surface area contributed by atoms with Crippen LogP contribution in [0.15, 0.2) is 54.2 Å². The van der Waals surface area contributed by atoms with Crippen LogP contribution < -0.4 is 10.2 Å². The van der Waals surface area contributed by atoms with Gasteiger partial charge in [-0.2, -0.15) is 0 Å². The second-order valence-electron chi connectivity index (χ2n) is 4.93. The van der Waals surface area contributed by atoms with Gasteiger partial charge in [-0.3, -0.25) is 14.9 Å². The lowest BCUT2D eigenvalue weighted by Crippen LogP contribution is -2.30. The van der Waals surface area contributed by atoms with Crippen molar-refractivity contribution in [1.82, 2.24) is 5.32 Å². The van der Waals surface area contributed by atoms with Crippen LogP contribution in [0, 0.1) is 10.1 Å². The molecule has 0 atom stereocenters. The molecule has 0 bridgehead atoms. The average Bonchev–Trinajstić information content (AvgIpc) is 2.84. The molecule has 1 N–H and O–H groups in total. The molecular weight excluding hydrogens is 334 g/mol. The maximum atomic E-state index is 12.4. The van der Waals surface area contributed by atoms with Crippen molar-refractivity contribution in [2.75, 3.05) is 4.90 Å². The smallest absolute Gasteiger partial charge is 0.302 e. The zero-order valence-electron chi connectivity index (χ0n) is 12.1. The van der Waals surface area contributed by atoms with E-state index in [4.69, 9.17) is 11.6 Å². The van der Waals surface area contributed by atoms with Crippen molar-refractivity contribution in [1.29, 1.82) is 0 Å². The van der Waals surface area contributed by atoms with E-state index in [1.807, 2.05) is 0 Å². The summed E-state index contributed by atoms with van der Waals surface area (Å²) in [4.78, 5) is 35.8. The minimum absolute atomic E-state index is 0.00810. The predicted molar refractivity (Wildman–Crippen MR) is 88.5 cm³/mol. The molecule has 0 saturated carbocycles. The van der Waals surface area contributed by atoms with Gasteiger partial charge in [0.1, 0.15) is 5.70 Å². The number of nitro benzene ring substituents is 1. The van der Waals surface area contributed by atoms with Gasteiger partial charge in [0.05, 0.1) is 10.6 Å². The average molecular weight is 344 g/mol. The van der Waals surface area contributed by atoms with E-state index in [1.54, 1.807) is 30.3 Å². The fraction of sp³-hybridized carbons (Fsp3) is 0. The molecule has 2 aromatic rings. The van der Waals surface area contributed by atoms with Crippen LogP contribution >= 0.6 is 11.6 Å². The molecule has 3 amide bonds. The van der Waals surface area contributed by atoms with Crippen molar-refractivity contribution in [3.05, 3.63) is 74.9 Å². The summed E-state index contributed by atoms with van der Waals surface area (Å²) in [6, 6.07) is 11.7. The van der Waals surface area contributed by atoms with Crippen molar-refractivity contribution in [3.8, 4) is 0 Å². The molecule has 3 rings (SSSR count). The maximum Gasteiger partial charge on any atom is 0.333 e. The summed E-state index contributed by atoms with van der Waals surface area (Å²) in [5, 5.41) is 13.5. The van der Waals surface area contributed by atoms with E-state index in [-0.39, 0.29) is 22.0 Å². The lowest BCUT2D eigenvalue weighted by Gasteiger charge is -2.10. The van der Waals surface area contributed by atoms with Gasteiger partial charge in [0.25, 0.3) is 11.6 Å². The van der Waals surface area contributed by atoms with Gasteiger partial charge in [-0.05, 0) is 24.3 Å². The number of para-hydroxylation sites is 1. The Kier molecular flexibility index (Phi) is 4.01. The normalized spacial score (nSPS) is 15.7. The third-order valence-electron chi connectivity index (χ3n) is 3.38. The molecular formula is C16H10ClN3O4. The van der Waals surface area contributed by atoms with Crippen LogP contribution in [0.3, 0.4) is 0 Å². The molecule has 1 saturated heterocycles. The number of anilines is 1. The van der Waals surface area contributed by atoms with Crippen LogP contribution in [0.2, 0.25) is 5.02 Å². The summed E-state index contributed by atoms with van der Waals surface area (Å²) < 4.78 is 0. The number of nitrogens with zero attached hydrogens (tertiary/aromatic N) is 2. The van der Waals surface area contributed by atoms with Gasteiger partial charge < -0.3 is 5.32 Å².